The summed E-state index contributed by atoms with van der Waals surface area (Å²) < 4.78 is 0. The smallest absolute Gasteiger partial charge is 0.192 e. The van der Waals surface area contributed by atoms with E-state index in [1.54, 1.807) is 0 Å². The van der Waals surface area contributed by atoms with Crippen LogP contribution in [0, 0.1) is 11.3 Å². The van der Waals surface area contributed by atoms with E-state index in [1.165, 1.54) is 0 Å². The molecule has 0 aliphatic heterocycles. The summed E-state index contributed by atoms with van der Waals surface area (Å²) in [6, 6.07) is 1.48. The Morgan fingerprint density at radius 3 is 2.67 bits per heavy atom. The van der Waals surface area contributed by atoms with E-state index in [0.717, 1.165) is 0 Å². The Bertz CT molecular complexity index is 228. The molecule has 0 spiro atoms. The van der Waals surface area contributed by atoms with Crippen molar-refractivity contribution in [3.8, 4) is 6.07 Å². The monoisotopic (exact) mass is 210 g/mol. The molecule has 0 saturated heterocycles. The van der Waals surface area contributed by atoms with Crippen molar-refractivity contribution in [1.82, 2.24) is 20.6 Å². The first kappa shape index (κ1) is 13.7. The number of rotatable bonds is 2. The average Bonchev–Trinajstić information content (AvgIpc) is 2.38. The van der Waals surface area contributed by atoms with E-state index < -0.39 is 6.04 Å². The molecule has 0 unspecified atom stereocenters. The Morgan fingerprint density at radius 1 is 1.58 bits per heavy atom. The lowest BCUT2D eigenvalue weighted by Crippen LogP contribution is -2.11. The third kappa shape index (κ3) is 3.48. The Morgan fingerprint density at radius 2 is 2.25 bits per heavy atom. The summed E-state index contributed by atoms with van der Waals surface area (Å²) in [5, 5.41) is 21.0. The van der Waals surface area contributed by atoms with Gasteiger partial charge in [0.1, 0.15) is 0 Å². The Labute approximate surface area is 81.3 Å². The van der Waals surface area contributed by atoms with Crippen LogP contribution in [0.1, 0.15) is 18.3 Å². The second-order valence-corrected chi connectivity index (χ2v) is 1.74. The van der Waals surface area contributed by atoms with Gasteiger partial charge in [-0.1, -0.05) is 5.21 Å². The number of nitrogens with two attached hydrogens (primary N) is 1. The minimum atomic E-state index is -0.427. The van der Waals surface area contributed by atoms with Gasteiger partial charge in [0.2, 0.25) is 0 Å². The third-order valence-electron chi connectivity index (χ3n) is 1.00. The number of hydrogen-bond acceptors (Lipinski definition) is 5. The zero-order valence-electron chi connectivity index (χ0n) is 5.97. The molecule has 0 saturated carbocycles. The molecule has 1 aromatic rings. The maximum atomic E-state index is 8.22. The van der Waals surface area contributed by atoms with Gasteiger partial charge in [0.05, 0.1) is 18.5 Å². The van der Waals surface area contributed by atoms with Crippen LogP contribution in [0.4, 0.5) is 0 Å². The lowest BCUT2D eigenvalue weighted by atomic mass is 10.2. The lowest BCUT2D eigenvalue weighted by Gasteiger charge is -1.96. The minimum absolute atomic E-state index is 0. The molecule has 1 aromatic heterocycles. The fraction of sp³-hybridized carbons (Fsp3) is 0.500. The van der Waals surface area contributed by atoms with Gasteiger partial charge in [-0.2, -0.15) is 10.5 Å². The normalized spacial score (nSPS) is 10.3. The van der Waals surface area contributed by atoms with E-state index in [1.807, 2.05) is 6.07 Å². The first-order valence-corrected chi connectivity index (χ1v) is 2.70. The molecule has 1 rings (SSSR count). The van der Waals surface area contributed by atoms with E-state index in [9.17, 15) is 0 Å². The van der Waals surface area contributed by atoms with Crippen molar-refractivity contribution in [2.45, 2.75) is 12.5 Å². The third-order valence-corrected chi connectivity index (χ3v) is 1.00. The van der Waals surface area contributed by atoms with Crippen LogP contribution in [0.3, 0.4) is 0 Å². The van der Waals surface area contributed by atoms with Gasteiger partial charge in [0, 0.05) is 0 Å². The van der Waals surface area contributed by atoms with Gasteiger partial charge in [-0.25, -0.2) is 0 Å². The standard InChI is InChI=1S/C4H6N6.2ClH/c5-2-1-3(6)4-7-9-10-8-4;;/h3H,1,6H2,(H,7,8,9,10);2*1H/t3-;;/m1../s1. The first-order chi connectivity index (χ1) is 4.84. The van der Waals surface area contributed by atoms with Crippen LogP contribution in [0.2, 0.25) is 0 Å². The first-order valence-electron chi connectivity index (χ1n) is 2.70. The quantitative estimate of drug-likeness (QED) is 0.713. The molecule has 0 aliphatic rings. The molecule has 0 aliphatic carbocycles. The Balaban J connectivity index is 0. The Hall–Kier alpha value is -0.900. The van der Waals surface area contributed by atoms with Crippen molar-refractivity contribution in [2.24, 2.45) is 5.73 Å². The van der Waals surface area contributed by atoms with Gasteiger partial charge < -0.3 is 5.73 Å². The maximum Gasteiger partial charge on any atom is 0.192 e. The molecule has 0 fully saturated rings. The Kier molecular flexibility index (Phi) is 7.73. The number of tetrazole rings is 1. The summed E-state index contributed by atoms with van der Waals surface area (Å²) in [4.78, 5) is 0. The highest BCUT2D eigenvalue weighted by Crippen LogP contribution is 2.03. The number of nitrogens with zero attached hydrogens (tertiary/aromatic N) is 4. The highest BCUT2D eigenvalue weighted by atomic mass is 35.5. The predicted molar refractivity (Wildman–Crippen MR) is 45.8 cm³/mol. The zero-order valence-corrected chi connectivity index (χ0v) is 7.60. The number of H-pyrrole nitrogens is 1. The van der Waals surface area contributed by atoms with Crippen LogP contribution in [0.25, 0.3) is 0 Å². The largest absolute Gasteiger partial charge is 0.320 e. The number of nitrogens with one attached hydrogen (secondary N) is 1. The van der Waals surface area contributed by atoms with Crippen molar-refractivity contribution >= 4 is 24.8 Å². The van der Waals surface area contributed by atoms with Gasteiger partial charge in [0.25, 0.3) is 0 Å². The molecular formula is C4H8Cl2N6. The molecular weight excluding hydrogens is 203 g/mol. The summed E-state index contributed by atoms with van der Waals surface area (Å²) in [6.45, 7) is 0. The van der Waals surface area contributed by atoms with Gasteiger partial charge >= 0.3 is 0 Å². The van der Waals surface area contributed by atoms with Crippen molar-refractivity contribution in [1.29, 1.82) is 5.26 Å². The van der Waals surface area contributed by atoms with Crippen molar-refractivity contribution in [3.05, 3.63) is 5.82 Å². The maximum absolute atomic E-state index is 8.22. The van der Waals surface area contributed by atoms with Crippen LogP contribution < -0.4 is 5.73 Å². The number of hydrogen-bond donors (Lipinski definition) is 2. The molecule has 6 nitrogen and oxygen atoms in total. The molecule has 68 valence electrons. The molecule has 8 heteroatoms. The van der Waals surface area contributed by atoms with Crippen molar-refractivity contribution < 1.29 is 0 Å². The highest BCUT2D eigenvalue weighted by molar-refractivity contribution is 5.85. The summed E-state index contributed by atoms with van der Waals surface area (Å²) in [5.74, 6) is 0.376. The lowest BCUT2D eigenvalue weighted by molar-refractivity contribution is 0.689. The average molecular weight is 211 g/mol. The predicted octanol–water partition coefficient (Wildman–Crippen LogP) is -0.0432. The van der Waals surface area contributed by atoms with Gasteiger partial charge in [-0.05, 0) is 0 Å². The molecule has 1 heterocycles. The van der Waals surface area contributed by atoms with Crippen LogP contribution in [0.15, 0.2) is 0 Å². The highest BCUT2D eigenvalue weighted by Gasteiger charge is 2.08. The van der Waals surface area contributed by atoms with Crippen molar-refractivity contribution in [2.75, 3.05) is 0 Å². The van der Waals surface area contributed by atoms with E-state index in [0.29, 0.717) is 5.82 Å². The van der Waals surface area contributed by atoms with Gasteiger partial charge in [-0.15, -0.1) is 35.0 Å². The van der Waals surface area contributed by atoms with E-state index in [-0.39, 0.29) is 31.2 Å². The molecule has 0 amide bonds. The summed E-state index contributed by atoms with van der Waals surface area (Å²) in [5.41, 5.74) is 5.44. The molecule has 3 N–H and O–H groups in total. The summed E-state index contributed by atoms with van der Waals surface area (Å²) in [6.07, 6.45) is 0.208. The number of aromatic amines is 1. The van der Waals surface area contributed by atoms with Crippen LogP contribution >= 0.6 is 24.8 Å². The van der Waals surface area contributed by atoms with E-state index >= 15 is 0 Å². The number of nitriles is 1. The number of aromatic nitrogens is 4. The molecule has 1 atom stereocenters. The van der Waals surface area contributed by atoms with E-state index in [2.05, 4.69) is 20.6 Å². The fourth-order valence-corrected chi connectivity index (χ4v) is 0.516. The molecule has 12 heavy (non-hydrogen) atoms. The summed E-state index contributed by atoms with van der Waals surface area (Å²) in [7, 11) is 0. The van der Waals surface area contributed by atoms with Crippen molar-refractivity contribution in [3.63, 3.8) is 0 Å². The molecule has 0 radical (unpaired) electrons. The molecule has 0 aromatic carbocycles. The second kappa shape index (κ2) is 6.79. The van der Waals surface area contributed by atoms with E-state index in [4.69, 9.17) is 11.0 Å². The number of halogens is 2. The minimum Gasteiger partial charge on any atom is -0.320 e. The zero-order chi connectivity index (χ0) is 7.40. The van der Waals surface area contributed by atoms with Gasteiger partial charge in [0.15, 0.2) is 5.82 Å². The van der Waals surface area contributed by atoms with Gasteiger partial charge in [-0.3, -0.25) is 0 Å². The van der Waals surface area contributed by atoms with Crippen LogP contribution in [-0.4, -0.2) is 20.6 Å². The molecule has 0 bridgehead atoms. The summed E-state index contributed by atoms with van der Waals surface area (Å²) >= 11 is 0. The fourth-order valence-electron chi connectivity index (χ4n) is 0.516. The second-order valence-electron chi connectivity index (χ2n) is 1.74. The van der Waals surface area contributed by atoms with Crippen LogP contribution in [-0.2, 0) is 0 Å². The SMILES string of the molecule is Cl.Cl.N#CC[C@@H](N)c1nn[nH]n1. The van der Waals surface area contributed by atoms with Crippen LogP contribution in [0.5, 0.6) is 0 Å². The topological polar surface area (TPSA) is 104 Å².